The van der Waals surface area contributed by atoms with E-state index in [0.29, 0.717) is 19.0 Å². The van der Waals surface area contributed by atoms with E-state index in [-0.39, 0.29) is 5.91 Å². The summed E-state index contributed by atoms with van der Waals surface area (Å²) in [6.07, 6.45) is 5.60. The molecule has 0 saturated heterocycles. The Morgan fingerprint density at radius 3 is 3.00 bits per heavy atom. The Hall–Kier alpha value is -2.14. The third-order valence-corrected chi connectivity index (χ3v) is 5.68. The van der Waals surface area contributed by atoms with Crippen molar-refractivity contribution >= 4 is 28.1 Å². The van der Waals surface area contributed by atoms with Crippen LogP contribution in [0, 0.1) is 6.92 Å². The second-order valence-corrected chi connectivity index (χ2v) is 7.45. The number of hydrogen-bond donors (Lipinski definition) is 1. The molecule has 24 heavy (non-hydrogen) atoms. The molecule has 0 spiro atoms. The predicted molar refractivity (Wildman–Crippen MR) is 97.0 cm³/mol. The smallest absolute Gasteiger partial charge is 0.223 e. The largest absolute Gasteiger partial charge is 0.361 e. The van der Waals surface area contributed by atoms with E-state index in [2.05, 4.69) is 39.1 Å². The van der Waals surface area contributed by atoms with Crippen molar-refractivity contribution in [2.24, 2.45) is 0 Å². The number of rotatable bonds is 6. The van der Waals surface area contributed by atoms with E-state index < -0.39 is 0 Å². The van der Waals surface area contributed by atoms with Crippen LogP contribution in [0.25, 0.3) is 10.9 Å². The molecule has 1 amide bonds. The molecule has 0 atom stereocenters. The molecule has 0 unspecified atom stereocenters. The Bertz CT molecular complexity index is 862. The minimum Gasteiger partial charge on any atom is -0.361 e. The van der Waals surface area contributed by atoms with Crippen LogP contribution in [0.5, 0.6) is 0 Å². The summed E-state index contributed by atoms with van der Waals surface area (Å²) in [6.45, 7) is 2.73. The van der Waals surface area contributed by atoms with Gasteiger partial charge in [0.25, 0.3) is 0 Å². The number of aromatic amines is 1. The lowest BCUT2D eigenvalue weighted by molar-refractivity contribution is -0.132. The first-order valence-corrected chi connectivity index (χ1v) is 9.33. The summed E-state index contributed by atoms with van der Waals surface area (Å²) in [4.78, 5) is 23.5. The van der Waals surface area contributed by atoms with Gasteiger partial charge in [-0.25, -0.2) is 4.98 Å². The van der Waals surface area contributed by atoms with Gasteiger partial charge in [-0.1, -0.05) is 6.07 Å². The fourth-order valence-corrected chi connectivity index (χ4v) is 3.92. The van der Waals surface area contributed by atoms with Crippen molar-refractivity contribution in [2.45, 2.75) is 45.2 Å². The topological polar surface area (TPSA) is 49.0 Å². The molecule has 0 aliphatic heterocycles. The molecule has 124 valence electrons. The SMILES string of the molecule is Cc1ncsc1CCC(=O)N(Cc1ccc2[nH]ccc2c1)C1CC1. The maximum absolute atomic E-state index is 12.8. The highest BCUT2D eigenvalue weighted by molar-refractivity contribution is 7.09. The molecule has 4 rings (SSSR count). The van der Waals surface area contributed by atoms with Gasteiger partial charge in [0.15, 0.2) is 0 Å². The zero-order valence-electron chi connectivity index (χ0n) is 13.8. The summed E-state index contributed by atoms with van der Waals surface area (Å²) < 4.78 is 0. The van der Waals surface area contributed by atoms with Gasteiger partial charge < -0.3 is 9.88 Å². The zero-order valence-corrected chi connectivity index (χ0v) is 14.6. The van der Waals surface area contributed by atoms with Crippen molar-refractivity contribution in [1.82, 2.24) is 14.9 Å². The third-order valence-electron chi connectivity index (χ3n) is 4.69. The zero-order chi connectivity index (χ0) is 16.5. The molecule has 0 radical (unpaired) electrons. The predicted octanol–water partition coefficient (Wildman–Crippen LogP) is 4.06. The number of aromatic nitrogens is 2. The summed E-state index contributed by atoms with van der Waals surface area (Å²) in [5, 5.41) is 1.20. The van der Waals surface area contributed by atoms with E-state index >= 15 is 0 Å². The van der Waals surface area contributed by atoms with Crippen LogP contribution in [0.1, 0.15) is 35.4 Å². The Morgan fingerprint density at radius 2 is 2.25 bits per heavy atom. The number of benzene rings is 1. The van der Waals surface area contributed by atoms with E-state index in [1.807, 2.05) is 18.6 Å². The molecule has 1 saturated carbocycles. The van der Waals surface area contributed by atoms with E-state index in [1.165, 1.54) is 15.8 Å². The van der Waals surface area contributed by atoms with Crippen molar-refractivity contribution < 1.29 is 4.79 Å². The second-order valence-electron chi connectivity index (χ2n) is 6.51. The minimum atomic E-state index is 0.263. The summed E-state index contributed by atoms with van der Waals surface area (Å²) in [7, 11) is 0. The summed E-state index contributed by atoms with van der Waals surface area (Å²) in [6, 6.07) is 8.91. The number of aryl methyl sites for hydroxylation is 2. The molecular weight excluding hydrogens is 318 g/mol. The van der Waals surface area contributed by atoms with Gasteiger partial charge in [-0.3, -0.25) is 4.79 Å². The van der Waals surface area contributed by atoms with Gasteiger partial charge in [0, 0.05) is 35.6 Å². The first-order valence-electron chi connectivity index (χ1n) is 8.45. The number of carbonyl (C=O) groups excluding carboxylic acids is 1. The van der Waals surface area contributed by atoms with Gasteiger partial charge in [-0.05, 0) is 55.3 Å². The van der Waals surface area contributed by atoms with Crippen molar-refractivity contribution in [3.8, 4) is 0 Å². The molecule has 1 aliphatic rings. The van der Waals surface area contributed by atoms with Crippen LogP contribution in [0.4, 0.5) is 0 Å². The summed E-state index contributed by atoms with van der Waals surface area (Å²) in [5.41, 5.74) is 5.27. The molecule has 1 aliphatic carbocycles. The molecule has 3 aromatic rings. The normalized spacial score (nSPS) is 14.2. The highest BCUT2D eigenvalue weighted by Crippen LogP contribution is 2.30. The molecule has 0 bridgehead atoms. The molecule has 1 N–H and O–H groups in total. The van der Waals surface area contributed by atoms with E-state index in [9.17, 15) is 4.79 Å². The Labute approximate surface area is 145 Å². The fourth-order valence-electron chi connectivity index (χ4n) is 3.14. The number of carbonyl (C=O) groups is 1. The van der Waals surface area contributed by atoms with Crippen molar-refractivity contribution in [2.75, 3.05) is 0 Å². The van der Waals surface area contributed by atoms with E-state index in [4.69, 9.17) is 0 Å². The molecule has 2 aromatic heterocycles. The maximum Gasteiger partial charge on any atom is 0.223 e. The van der Waals surface area contributed by atoms with E-state index in [0.717, 1.165) is 30.5 Å². The minimum absolute atomic E-state index is 0.263. The van der Waals surface area contributed by atoms with Crippen molar-refractivity contribution in [1.29, 1.82) is 0 Å². The quantitative estimate of drug-likeness (QED) is 0.736. The summed E-state index contributed by atoms with van der Waals surface area (Å²) in [5.74, 6) is 0.263. The number of H-pyrrole nitrogens is 1. The lowest BCUT2D eigenvalue weighted by atomic mass is 10.1. The lowest BCUT2D eigenvalue weighted by Gasteiger charge is -2.22. The summed E-state index contributed by atoms with van der Waals surface area (Å²) >= 11 is 1.65. The van der Waals surface area contributed by atoms with Crippen LogP contribution in [0.2, 0.25) is 0 Å². The van der Waals surface area contributed by atoms with Crippen LogP contribution in [-0.2, 0) is 17.8 Å². The van der Waals surface area contributed by atoms with Gasteiger partial charge in [-0.2, -0.15) is 0 Å². The van der Waals surface area contributed by atoms with Crippen molar-refractivity contribution in [3.05, 3.63) is 52.1 Å². The number of thiazole rings is 1. The fraction of sp³-hybridized carbons (Fsp3) is 0.368. The Kier molecular flexibility index (Phi) is 4.10. The number of amides is 1. The lowest BCUT2D eigenvalue weighted by Crippen LogP contribution is -2.32. The number of fused-ring (bicyclic) bond motifs is 1. The van der Waals surface area contributed by atoms with Crippen LogP contribution < -0.4 is 0 Å². The molecule has 1 aromatic carbocycles. The van der Waals surface area contributed by atoms with E-state index in [1.54, 1.807) is 11.3 Å². The molecule has 2 heterocycles. The van der Waals surface area contributed by atoms with Gasteiger partial charge >= 0.3 is 0 Å². The monoisotopic (exact) mass is 339 g/mol. The van der Waals surface area contributed by atoms with Gasteiger partial charge in [0.1, 0.15) is 0 Å². The van der Waals surface area contributed by atoms with Gasteiger partial charge in [0.2, 0.25) is 5.91 Å². The molecule has 4 nitrogen and oxygen atoms in total. The average molecular weight is 339 g/mol. The Morgan fingerprint density at radius 1 is 1.38 bits per heavy atom. The first kappa shape index (κ1) is 15.4. The van der Waals surface area contributed by atoms with Crippen LogP contribution in [0.3, 0.4) is 0 Å². The highest BCUT2D eigenvalue weighted by atomic mass is 32.1. The second kappa shape index (κ2) is 6.40. The number of nitrogens with one attached hydrogen (secondary N) is 1. The molecule has 5 heteroatoms. The average Bonchev–Trinajstić information content (AvgIpc) is 3.17. The van der Waals surface area contributed by atoms with Crippen LogP contribution in [-0.4, -0.2) is 26.8 Å². The third kappa shape index (κ3) is 3.22. The number of hydrogen-bond acceptors (Lipinski definition) is 3. The van der Waals surface area contributed by atoms with Crippen molar-refractivity contribution in [3.63, 3.8) is 0 Å². The van der Waals surface area contributed by atoms with Gasteiger partial charge in [-0.15, -0.1) is 11.3 Å². The van der Waals surface area contributed by atoms with Crippen LogP contribution in [0.15, 0.2) is 36.0 Å². The highest BCUT2D eigenvalue weighted by Gasteiger charge is 2.32. The molecule has 1 fully saturated rings. The first-order chi connectivity index (χ1) is 11.7. The maximum atomic E-state index is 12.8. The van der Waals surface area contributed by atoms with Crippen LogP contribution >= 0.6 is 11.3 Å². The molecular formula is C19H21N3OS. The number of nitrogens with zero attached hydrogens (tertiary/aromatic N) is 2. The Balaban J connectivity index is 1.45. The van der Waals surface area contributed by atoms with Gasteiger partial charge in [0.05, 0.1) is 11.2 Å². The standard InChI is InChI=1S/C19H21N3OS/c1-13-18(24-12-21-13)6-7-19(23)22(16-3-4-16)11-14-2-5-17-15(10-14)8-9-20-17/h2,5,8-10,12,16,20H,3-4,6-7,11H2,1H3.